The molecule has 31 heavy (non-hydrogen) atoms. The summed E-state index contributed by atoms with van der Waals surface area (Å²) in [6, 6.07) is 23.8. The van der Waals surface area contributed by atoms with Crippen LogP contribution in [0, 0.1) is 11.3 Å². The van der Waals surface area contributed by atoms with Crippen LogP contribution < -0.4 is 19.6 Å². The first-order valence-corrected chi connectivity index (χ1v) is 10.2. The molecule has 0 spiro atoms. The monoisotopic (exact) mass is 409 g/mol. The van der Waals surface area contributed by atoms with Crippen LogP contribution in [0.2, 0.25) is 0 Å². The van der Waals surface area contributed by atoms with Gasteiger partial charge in [0.05, 0.1) is 23.4 Å². The third kappa shape index (κ3) is 2.98. The van der Waals surface area contributed by atoms with Crippen LogP contribution in [0.4, 0.5) is 0 Å². The van der Waals surface area contributed by atoms with Gasteiger partial charge in [-0.2, -0.15) is 10.3 Å². The summed E-state index contributed by atoms with van der Waals surface area (Å²) in [5.41, 5.74) is 8.26. The Labute approximate surface area is 179 Å². The molecule has 152 valence electrons. The molecular formula is C25H19N3O3. The van der Waals surface area contributed by atoms with Crippen molar-refractivity contribution in [1.82, 2.24) is 10.4 Å². The van der Waals surface area contributed by atoms with Gasteiger partial charge in [0.25, 0.3) is 0 Å². The first-order chi connectivity index (χ1) is 15.3. The molecule has 0 aliphatic carbocycles. The van der Waals surface area contributed by atoms with Gasteiger partial charge in [-0.3, -0.25) is 0 Å². The van der Waals surface area contributed by atoms with E-state index in [1.165, 1.54) is 0 Å². The molecular weight excluding hydrogens is 390 g/mol. The number of nitrogens with one attached hydrogen (secondary N) is 1. The van der Waals surface area contributed by atoms with Crippen LogP contribution in [0.1, 0.15) is 34.5 Å². The van der Waals surface area contributed by atoms with E-state index in [2.05, 4.69) is 28.6 Å². The molecule has 6 heteroatoms. The topological polar surface area (TPSA) is 66.8 Å². The van der Waals surface area contributed by atoms with Crippen LogP contribution in [0.3, 0.4) is 0 Å². The van der Waals surface area contributed by atoms with Gasteiger partial charge in [-0.25, -0.2) is 0 Å². The third-order valence-corrected chi connectivity index (χ3v) is 5.78. The number of ether oxygens (including phenoxy) is 3. The summed E-state index contributed by atoms with van der Waals surface area (Å²) in [5.74, 6) is 2.40. The highest BCUT2D eigenvalue weighted by atomic mass is 16.6. The van der Waals surface area contributed by atoms with Crippen LogP contribution >= 0.6 is 0 Å². The zero-order valence-electron chi connectivity index (χ0n) is 16.6. The van der Waals surface area contributed by atoms with Crippen LogP contribution in [-0.2, 0) is 0 Å². The SMILES string of the molecule is N#Cc1ccc(C2Oc3ccccc3C3C=C(c4ccc5c(c4)OCCO5)NN32)cc1. The molecule has 3 aliphatic rings. The molecule has 1 N–H and O–H groups in total. The van der Waals surface area contributed by atoms with Crippen molar-refractivity contribution in [2.75, 3.05) is 13.2 Å². The van der Waals surface area contributed by atoms with E-state index in [1.54, 1.807) is 0 Å². The Bertz CT molecular complexity index is 1230. The maximum Gasteiger partial charge on any atom is 0.195 e. The minimum atomic E-state index is -0.335. The molecule has 0 amide bonds. The summed E-state index contributed by atoms with van der Waals surface area (Å²) < 4.78 is 17.8. The lowest BCUT2D eigenvalue weighted by molar-refractivity contribution is -0.0326. The number of para-hydroxylation sites is 1. The minimum Gasteiger partial charge on any atom is -0.486 e. The van der Waals surface area contributed by atoms with E-state index < -0.39 is 0 Å². The van der Waals surface area contributed by atoms with E-state index in [0.717, 1.165) is 39.6 Å². The Morgan fingerprint density at radius 1 is 0.903 bits per heavy atom. The number of nitrogens with zero attached hydrogens (tertiary/aromatic N) is 2. The van der Waals surface area contributed by atoms with Crippen LogP contribution in [0.5, 0.6) is 17.2 Å². The quantitative estimate of drug-likeness (QED) is 0.680. The van der Waals surface area contributed by atoms with Crippen molar-refractivity contribution in [3.63, 3.8) is 0 Å². The lowest BCUT2D eigenvalue weighted by Crippen LogP contribution is -2.43. The Balaban J connectivity index is 1.39. The average Bonchev–Trinajstić information content (AvgIpc) is 3.29. The summed E-state index contributed by atoms with van der Waals surface area (Å²) in [5, 5.41) is 11.2. The second-order valence-corrected chi connectivity index (χ2v) is 7.64. The normalized spacial score (nSPS) is 21.1. The summed E-state index contributed by atoms with van der Waals surface area (Å²) in [4.78, 5) is 0. The molecule has 0 fully saturated rings. The number of hydrogen-bond donors (Lipinski definition) is 1. The van der Waals surface area contributed by atoms with Gasteiger partial charge >= 0.3 is 0 Å². The molecule has 3 heterocycles. The zero-order valence-corrected chi connectivity index (χ0v) is 16.6. The molecule has 2 atom stereocenters. The van der Waals surface area contributed by atoms with Gasteiger partial charge in [0, 0.05) is 16.7 Å². The van der Waals surface area contributed by atoms with Crippen molar-refractivity contribution in [2.24, 2.45) is 0 Å². The number of nitriles is 1. The molecule has 0 saturated heterocycles. The second kappa shape index (κ2) is 7.08. The van der Waals surface area contributed by atoms with E-state index in [9.17, 15) is 0 Å². The van der Waals surface area contributed by atoms with Gasteiger partial charge in [0.15, 0.2) is 17.7 Å². The molecule has 2 unspecified atom stereocenters. The smallest absolute Gasteiger partial charge is 0.195 e. The molecule has 0 radical (unpaired) electrons. The molecule has 3 aliphatic heterocycles. The molecule has 3 aromatic carbocycles. The van der Waals surface area contributed by atoms with Crippen LogP contribution in [0.25, 0.3) is 5.70 Å². The minimum absolute atomic E-state index is 0.00814. The Morgan fingerprint density at radius 2 is 1.71 bits per heavy atom. The molecule has 0 aromatic heterocycles. The Morgan fingerprint density at radius 3 is 2.55 bits per heavy atom. The van der Waals surface area contributed by atoms with Crippen molar-refractivity contribution in [1.29, 1.82) is 5.26 Å². The molecule has 0 saturated carbocycles. The van der Waals surface area contributed by atoms with Crippen molar-refractivity contribution < 1.29 is 14.2 Å². The standard InChI is InChI=1S/C25H19N3O3/c26-15-16-5-7-17(8-6-16)25-28-21(19-3-1-2-4-22(19)31-25)14-20(27-28)18-9-10-23-24(13-18)30-12-11-29-23/h1-10,13-14,21,25,27H,11-12H2. The Hall–Kier alpha value is -3.95. The summed E-state index contributed by atoms with van der Waals surface area (Å²) in [6.07, 6.45) is 1.88. The fourth-order valence-corrected chi connectivity index (χ4v) is 4.26. The first-order valence-electron chi connectivity index (χ1n) is 10.2. The van der Waals surface area contributed by atoms with Crippen LogP contribution in [-0.4, -0.2) is 18.2 Å². The Kier molecular flexibility index (Phi) is 4.08. The van der Waals surface area contributed by atoms with Gasteiger partial charge < -0.3 is 19.6 Å². The second-order valence-electron chi connectivity index (χ2n) is 7.64. The highest BCUT2D eigenvalue weighted by Gasteiger charge is 2.40. The number of hydrazine groups is 1. The maximum atomic E-state index is 9.13. The van der Waals surface area contributed by atoms with Crippen LogP contribution in [0.15, 0.2) is 72.8 Å². The van der Waals surface area contributed by atoms with E-state index in [1.807, 2.05) is 60.7 Å². The van der Waals surface area contributed by atoms with Gasteiger partial charge in [0.2, 0.25) is 0 Å². The highest BCUT2D eigenvalue weighted by Crippen LogP contribution is 2.46. The van der Waals surface area contributed by atoms with Crippen molar-refractivity contribution >= 4 is 5.70 Å². The molecule has 0 bridgehead atoms. The largest absolute Gasteiger partial charge is 0.486 e. The fraction of sp³-hybridized carbons (Fsp3) is 0.160. The highest BCUT2D eigenvalue weighted by molar-refractivity contribution is 5.70. The predicted octanol–water partition coefficient (Wildman–Crippen LogP) is 4.32. The molecule has 6 nitrogen and oxygen atoms in total. The summed E-state index contributed by atoms with van der Waals surface area (Å²) in [7, 11) is 0. The number of hydrogen-bond acceptors (Lipinski definition) is 6. The molecule has 3 aromatic rings. The maximum absolute atomic E-state index is 9.13. The number of fused-ring (bicyclic) bond motifs is 4. The van der Waals surface area contributed by atoms with E-state index in [-0.39, 0.29) is 12.3 Å². The lowest BCUT2D eigenvalue weighted by atomic mass is 10.0. The van der Waals surface area contributed by atoms with E-state index >= 15 is 0 Å². The van der Waals surface area contributed by atoms with Crippen molar-refractivity contribution in [3.8, 4) is 23.3 Å². The summed E-state index contributed by atoms with van der Waals surface area (Å²) in [6.45, 7) is 1.13. The van der Waals surface area contributed by atoms with E-state index in [0.29, 0.717) is 18.8 Å². The van der Waals surface area contributed by atoms with Crippen molar-refractivity contribution in [2.45, 2.75) is 12.3 Å². The predicted molar refractivity (Wildman–Crippen MR) is 114 cm³/mol. The zero-order chi connectivity index (χ0) is 20.8. The van der Waals surface area contributed by atoms with Crippen molar-refractivity contribution in [3.05, 3.63) is 95.1 Å². The van der Waals surface area contributed by atoms with Gasteiger partial charge in [0.1, 0.15) is 19.0 Å². The summed E-state index contributed by atoms with van der Waals surface area (Å²) >= 11 is 0. The first kappa shape index (κ1) is 17.9. The van der Waals surface area contributed by atoms with Gasteiger partial charge in [-0.05, 0) is 42.5 Å². The number of rotatable bonds is 2. The van der Waals surface area contributed by atoms with Gasteiger partial charge in [-0.15, -0.1) is 0 Å². The number of benzene rings is 3. The van der Waals surface area contributed by atoms with E-state index in [4.69, 9.17) is 19.5 Å². The lowest BCUT2D eigenvalue weighted by Gasteiger charge is -2.39. The van der Waals surface area contributed by atoms with Gasteiger partial charge in [-0.1, -0.05) is 30.3 Å². The fourth-order valence-electron chi connectivity index (χ4n) is 4.26. The molecule has 6 rings (SSSR count). The average molecular weight is 409 g/mol. The third-order valence-electron chi connectivity index (χ3n) is 5.78.